The molecule has 14 heavy (non-hydrogen) atoms. The monoisotopic (exact) mass is 273 g/mol. The molecule has 1 fully saturated rings. The van der Waals surface area contributed by atoms with Crippen molar-refractivity contribution in [3.05, 3.63) is 33.3 Å². The molecule has 1 aliphatic heterocycles. The first-order valence-corrected chi connectivity index (χ1v) is 5.56. The summed E-state index contributed by atoms with van der Waals surface area (Å²) in [7, 11) is 0. The van der Waals surface area contributed by atoms with Crippen LogP contribution in [0.1, 0.15) is 10.4 Å². The molecule has 0 spiro atoms. The van der Waals surface area contributed by atoms with Crippen LogP contribution in [-0.4, -0.2) is 18.9 Å². The van der Waals surface area contributed by atoms with Crippen LogP contribution in [0.25, 0.3) is 0 Å². The number of carbonyl (C=O) groups is 1. The Morgan fingerprint density at radius 1 is 1.50 bits per heavy atom. The average Bonchev–Trinajstić information content (AvgIpc) is 2.00. The van der Waals surface area contributed by atoms with Gasteiger partial charge in [0.1, 0.15) is 0 Å². The fourth-order valence-electron chi connectivity index (χ4n) is 1.41. The molecule has 0 amide bonds. The van der Waals surface area contributed by atoms with Crippen LogP contribution in [-0.2, 0) is 0 Å². The summed E-state index contributed by atoms with van der Waals surface area (Å²) in [5, 5.41) is 3.60. The summed E-state index contributed by atoms with van der Waals surface area (Å²) >= 11 is 9.32. The van der Waals surface area contributed by atoms with Crippen molar-refractivity contribution in [2.45, 2.75) is 0 Å². The van der Waals surface area contributed by atoms with Crippen LogP contribution in [0.2, 0.25) is 5.02 Å². The molecular weight excluding hydrogens is 265 g/mol. The SMILES string of the molecule is O=C(c1c(Cl)cccc1Br)C1CNC1. The van der Waals surface area contributed by atoms with E-state index in [0.717, 1.165) is 17.6 Å². The van der Waals surface area contributed by atoms with Gasteiger partial charge in [0.05, 0.1) is 10.6 Å². The highest BCUT2D eigenvalue weighted by Crippen LogP contribution is 2.28. The summed E-state index contributed by atoms with van der Waals surface area (Å²) in [4.78, 5) is 11.9. The predicted octanol–water partition coefficient (Wildman–Crippen LogP) is 2.50. The summed E-state index contributed by atoms with van der Waals surface area (Å²) in [5.74, 6) is 0.215. The van der Waals surface area contributed by atoms with E-state index in [4.69, 9.17) is 11.6 Å². The van der Waals surface area contributed by atoms with Gasteiger partial charge in [0.2, 0.25) is 0 Å². The molecular formula is C10H9BrClNO. The summed E-state index contributed by atoms with van der Waals surface area (Å²) < 4.78 is 0.780. The fraction of sp³-hybridized carbons (Fsp3) is 0.300. The largest absolute Gasteiger partial charge is 0.315 e. The quantitative estimate of drug-likeness (QED) is 0.840. The maximum atomic E-state index is 11.9. The van der Waals surface area contributed by atoms with Crippen LogP contribution in [0, 0.1) is 5.92 Å². The zero-order valence-electron chi connectivity index (χ0n) is 7.39. The lowest BCUT2D eigenvalue weighted by molar-refractivity contribution is 0.0877. The summed E-state index contributed by atoms with van der Waals surface area (Å²) in [6, 6.07) is 5.40. The van der Waals surface area contributed by atoms with Crippen molar-refractivity contribution in [2.24, 2.45) is 5.92 Å². The molecule has 0 saturated carbocycles. The molecule has 1 N–H and O–H groups in total. The first-order chi connectivity index (χ1) is 6.70. The molecule has 1 saturated heterocycles. The van der Waals surface area contributed by atoms with Gasteiger partial charge in [-0.1, -0.05) is 17.7 Å². The first-order valence-electron chi connectivity index (χ1n) is 4.39. The van der Waals surface area contributed by atoms with Gasteiger partial charge >= 0.3 is 0 Å². The van der Waals surface area contributed by atoms with E-state index in [2.05, 4.69) is 21.2 Å². The Morgan fingerprint density at radius 2 is 2.21 bits per heavy atom. The van der Waals surface area contributed by atoms with Crippen LogP contribution in [0.5, 0.6) is 0 Å². The van der Waals surface area contributed by atoms with Gasteiger partial charge in [0.15, 0.2) is 5.78 Å². The third-order valence-corrected chi connectivity index (χ3v) is 3.34. The van der Waals surface area contributed by atoms with Gasteiger partial charge in [-0.05, 0) is 28.1 Å². The van der Waals surface area contributed by atoms with E-state index < -0.39 is 0 Å². The molecule has 1 aromatic carbocycles. The lowest BCUT2D eigenvalue weighted by Crippen LogP contribution is -2.46. The third-order valence-electron chi connectivity index (χ3n) is 2.36. The second-order valence-corrected chi connectivity index (χ2v) is 4.58. The molecule has 2 nitrogen and oxygen atoms in total. The Labute approximate surface area is 95.8 Å². The van der Waals surface area contributed by atoms with Gasteiger partial charge < -0.3 is 5.32 Å². The molecule has 74 valence electrons. The minimum absolute atomic E-state index is 0.0891. The van der Waals surface area contributed by atoms with E-state index in [-0.39, 0.29) is 11.7 Å². The van der Waals surface area contributed by atoms with E-state index in [1.165, 1.54) is 0 Å². The van der Waals surface area contributed by atoms with Gasteiger partial charge in [-0.3, -0.25) is 4.79 Å². The Kier molecular flexibility index (Phi) is 2.91. The molecule has 1 aromatic rings. The number of carbonyl (C=O) groups excluding carboxylic acids is 1. The maximum Gasteiger partial charge on any atom is 0.171 e. The molecule has 1 aliphatic rings. The molecule has 4 heteroatoms. The lowest BCUT2D eigenvalue weighted by Gasteiger charge is -2.26. The molecule has 0 aromatic heterocycles. The van der Waals surface area contributed by atoms with E-state index >= 15 is 0 Å². The van der Waals surface area contributed by atoms with Crippen molar-refractivity contribution in [3.63, 3.8) is 0 Å². The number of Topliss-reactive ketones (excluding diaryl/α,β-unsaturated/α-hetero) is 1. The Bertz CT molecular complexity index is 356. The van der Waals surface area contributed by atoms with Crippen molar-refractivity contribution in [1.82, 2.24) is 5.32 Å². The number of rotatable bonds is 2. The van der Waals surface area contributed by atoms with Crippen molar-refractivity contribution in [1.29, 1.82) is 0 Å². The zero-order chi connectivity index (χ0) is 10.1. The fourth-order valence-corrected chi connectivity index (χ4v) is 2.35. The number of ketones is 1. The third kappa shape index (κ3) is 1.72. The molecule has 0 aliphatic carbocycles. The molecule has 0 atom stereocenters. The normalized spacial score (nSPS) is 16.4. The Hall–Kier alpha value is -0.380. The predicted molar refractivity (Wildman–Crippen MR) is 59.8 cm³/mol. The second kappa shape index (κ2) is 4.01. The van der Waals surface area contributed by atoms with E-state index in [0.29, 0.717) is 10.6 Å². The number of hydrogen-bond donors (Lipinski definition) is 1. The van der Waals surface area contributed by atoms with Crippen molar-refractivity contribution < 1.29 is 4.79 Å². The van der Waals surface area contributed by atoms with E-state index in [1.807, 2.05) is 12.1 Å². The molecule has 0 unspecified atom stereocenters. The van der Waals surface area contributed by atoms with Gasteiger partial charge in [-0.15, -0.1) is 0 Å². The average molecular weight is 275 g/mol. The highest BCUT2D eigenvalue weighted by molar-refractivity contribution is 9.10. The summed E-state index contributed by atoms with van der Waals surface area (Å²) in [5.41, 5.74) is 0.612. The summed E-state index contributed by atoms with van der Waals surface area (Å²) in [6.07, 6.45) is 0. The highest BCUT2D eigenvalue weighted by Gasteiger charge is 2.28. The molecule has 0 bridgehead atoms. The van der Waals surface area contributed by atoms with E-state index in [1.54, 1.807) is 6.07 Å². The minimum Gasteiger partial charge on any atom is -0.315 e. The topological polar surface area (TPSA) is 29.1 Å². The number of benzene rings is 1. The molecule has 1 heterocycles. The van der Waals surface area contributed by atoms with Crippen LogP contribution in [0.3, 0.4) is 0 Å². The second-order valence-electron chi connectivity index (χ2n) is 3.32. The van der Waals surface area contributed by atoms with Gasteiger partial charge in [0.25, 0.3) is 0 Å². The highest BCUT2D eigenvalue weighted by atomic mass is 79.9. The Morgan fingerprint density at radius 3 is 2.71 bits per heavy atom. The lowest BCUT2D eigenvalue weighted by atomic mass is 9.93. The standard InChI is InChI=1S/C10H9BrClNO/c11-7-2-1-3-8(12)9(7)10(14)6-4-13-5-6/h1-3,6,13H,4-5H2. The number of halogens is 2. The maximum absolute atomic E-state index is 11.9. The Balaban J connectivity index is 2.34. The number of nitrogens with one attached hydrogen (secondary N) is 1. The number of hydrogen-bond acceptors (Lipinski definition) is 2. The molecule has 2 rings (SSSR count). The van der Waals surface area contributed by atoms with Gasteiger partial charge in [-0.2, -0.15) is 0 Å². The minimum atomic E-state index is 0.0891. The zero-order valence-corrected chi connectivity index (χ0v) is 9.73. The smallest absolute Gasteiger partial charge is 0.171 e. The van der Waals surface area contributed by atoms with Crippen molar-refractivity contribution in [2.75, 3.05) is 13.1 Å². The first kappa shape index (κ1) is 10.1. The van der Waals surface area contributed by atoms with Crippen molar-refractivity contribution in [3.8, 4) is 0 Å². The van der Waals surface area contributed by atoms with E-state index in [9.17, 15) is 4.79 Å². The van der Waals surface area contributed by atoms with Crippen LogP contribution in [0.4, 0.5) is 0 Å². The van der Waals surface area contributed by atoms with Crippen LogP contribution in [0.15, 0.2) is 22.7 Å². The van der Waals surface area contributed by atoms with Crippen LogP contribution < -0.4 is 5.32 Å². The van der Waals surface area contributed by atoms with Gasteiger partial charge in [-0.25, -0.2) is 0 Å². The molecule has 0 radical (unpaired) electrons. The van der Waals surface area contributed by atoms with Gasteiger partial charge in [0, 0.05) is 23.5 Å². The van der Waals surface area contributed by atoms with Crippen LogP contribution >= 0.6 is 27.5 Å². The van der Waals surface area contributed by atoms with Crippen molar-refractivity contribution >= 4 is 33.3 Å². The summed E-state index contributed by atoms with van der Waals surface area (Å²) in [6.45, 7) is 1.52.